The highest BCUT2D eigenvalue weighted by molar-refractivity contribution is 8.18. The number of benzene rings is 3. The predicted molar refractivity (Wildman–Crippen MR) is 126 cm³/mol. The quantitative estimate of drug-likeness (QED) is 0.268. The van der Waals surface area contributed by atoms with Gasteiger partial charge in [0.15, 0.2) is 5.17 Å². The van der Waals surface area contributed by atoms with Crippen LogP contribution in [-0.4, -0.2) is 30.4 Å². The first-order chi connectivity index (χ1) is 15.6. The Kier molecular flexibility index (Phi) is 6.62. The molecule has 0 spiro atoms. The van der Waals surface area contributed by atoms with Gasteiger partial charge in [-0.1, -0.05) is 36.4 Å². The van der Waals surface area contributed by atoms with Gasteiger partial charge >= 0.3 is 5.97 Å². The van der Waals surface area contributed by atoms with E-state index in [4.69, 9.17) is 4.74 Å². The van der Waals surface area contributed by atoms with Crippen LogP contribution in [0.15, 0.2) is 87.9 Å². The number of esters is 1. The molecule has 0 bridgehead atoms. The molecule has 1 aliphatic rings. The van der Waals surface area contributed by atoms with Crippen LogP contribution in [0.25, 0.3) is 10.8 Å². The second-order valence-electron chi connectivity index (χ2n) is 6.78. The Labute approximate surface area is 188 Å². The lowest BCUT2D eigenvalue weighted by Crippen LogP contribution is -2.19. The van der Waals surface area contributed by atoms with E-state index in [-0.39, 0.29) is 10.1 Å². The van der Waals surface area contributed by atoms with E-state index in [9.17, 15) is 9.59 Å². The van der Waals surface area contributed by atoms with Crippen molar-refractivity contribution < 1.29 is 19.1 Å². The summed E-state index contributed by atoms with van der Waals surface area (Å²) in [5, 5.41) is 13.2. The molecule has 4 rings (SSSR count). The summed E-state index contributed by atoms with van der Waals surface area (Å²) in [5.74, 6) is -0.268. The molecule has 1 fully saturated rings. The van der Waals surface area contributed by atoms with Crippen LogP contribution in [0.5, 0.6) is 5.75 Å². The molecule has 3 aromatic rings. The molecule has 8 heteroatoms. The fraction of sp³-hybridized carbons (Fsp3) is 0.0833. The summed E-state index contributed by atoms with van der Waals surface area (Å²) in [7, 11) is 1.25. The maximum atomic E-state index is 11.8. The second kappa shape index (κ2) is 9.93. The van der Waals surface area contributed by atoms with Crippen molar-refractivity contribution in [1.29, 1.82) is 0 Å². The van der Waals surface area contributed by atoms with Gasteiger partial charge in [-0.2, -0.15) is 5.10 Å². The van der Waals surface area contributed by atoms with Crippen molar-refractivity contribution in [3.05, 3.63) is 88.8 Å². The van der Waals surface area contributed by atoms with E-state index in [1.165, 1.54) is 17.9 Å². The molecule has 7 nitrogen and oxygen atoms in total. The highest BCUT2D eigenvalue weighted by atomic mass is 32.2. The average molecular weight is 446 g/mol. The molecular weight excluding hydrogens is 426 g/mol. The molecule has 1 saturated heterocycles. The Morgan fingerprint density at radius 3 is 2.62 bits per heavy atom. The summed E-state index contributed by atoms with van der Waals surface area (Å²) in [6, 6.07) is 21.9. The summed E-state index contributed by atoms with van der Waals surface area (Å²) < 4.78 is 10.4. The first-order valence-corrected chi connectivity index (χ1v) is 10.5. The van der Waals surface area contributed by atoms with Crippen LogP contribution < -0.4 is 10.1 Å². The van der Waals surface area contributed by atoms with Crippen molar-refractivity contribution in [2.24, 2.45) is 10.2 Å². The third kappa shape index (κ3) is 5.41. The molecule has 0 radical (unpaired) electrons. The number of rotatable bonds is 6. The Balaban J connectivity index is 1.33. The van der Waals surface area contributed by atoms with E-state index < -0.39 is 11.9 Å². The number of hydrogen-bond donors (Lipinski definition) is 1. The van der Waals surface area contributed by atoms with Crippen LogP contribution in [0.3, 0.4) is 0 Å². The van der Waals surface area contributed by atoms with E-state index in [1.54, 1.807) is 6.21 Å². The summed E-state index contributed by atoms with van der Waals surface area (Å²) in [5.41, 5.74) is 1.92. The second-order valence-corrected chi connectivity index (χ2v) is 7.81. The minimum absolute atomic E-state index is 0.207. The number of amidine groups is 1. The highest BCUT2D eigenvalue weighted by Crippen LogP contribution is 2.23. The number of nitrogens with one attached hydrogen (secondary N) is 1. The van der Waals surface area contributed by atoms with E-state index in [0.717, 1.165) is 34.7 Å². The standard InChI is InChI=1S/C24H19N3O4S/c1-30-22(28)13-21-23(29)26-24(32-21)27-25-14-16-7-10-20(11-8-16)31-15-17-6-9-18-4-2-3-5-19(18)12-17/h2-14H,15H2,1H3,(H,26,27,29)/b21-13+,25-14?. The smallest absolute Gasteiger partial charge is 0.331 e. The molecule has 0 unspecified atom stereocenters. The van der Waals surface area contributed by atoms with E-state index in [0.29, 0.717) is 6.61 Å². The fourth-order valence-electron chi connectivity index (χ4n) is 2.93. The Bertz CT molecular complexity index is 1250. The first kappa shape index (κ1) is 21.3. The van der Waals surface area contributed by atoms with Crippen LogP contribution in [0.2, 0.25) is 0 Å². The van der Waals surface area contributed by atoms with Gasteiger partial charge < -0.3 is 9.47 Å². The number of amides is 1. The summed E-state index contributed by atoms with van der Waals surface area (Å²) in [6.45, 7) is 0.476. The van der Waals surface area contributed by atoms with Crippen LogP contribution in [-0.2, 0) is 20.9 Å². The van der Waals surface area contributed by atoms with Gasteiger partial charge in [0, 0.05) is 6.08 Å². The largest absolute Gasteiger partial charge is 0.489 e. The Morgan fingerprint density at radius 2 is 1.84 bits per heavy atom. The van der Waals surface area contributed by atoms with Crippen LogP contribution >= 0.6 is 11.8 Å². The molecule has 1 N–H and O–H groups in total. The van der Waals surface area contributed by atoms with E-state index in [1.807, 2.05) is 36.4 Å². The van der Waals surface area contributed by atoms with Crippen LogP contribution in [0.4, 0.5) is 0 Å². The Morgan fingerprint density at radius 1 is 1.06 bits per heavy atom. The minimum atomic E-state index is -0.602. The summed E-state index contributed by atoms with van der Waals surface area (Å²) in [6.07, 6.45) is 2.68. The summed E-state index contributed by atoms with van der Waals surface area (Å²) in [4.78, 5) is 23.2. The van der Waals surface area contributed by atoms with Gasteiger partial charge in [-0.05, 0) is 64.0 Å². The molecule has 3 aromatic carbocycles. The predicted octanol–water partition coefficient (Wildman–Crippen LogP) is 4.03. The van der Waals surface area contributed by atoms with Crippen molar-refractivity contribution in [2.45, 2.75) is 6.61 Å². The SMILES string of the molecule is COC(=O)/C=C1/S/C(=N\N=Cc2ccc(OCc3ccc4ccccc4c3)cc2)NC1=O. The molecule has 32 heavy (non-hydrogen) atoms. The molecule has 1 heterocycles. The number of carbonyl (C=O) groups excluding carboxylic acids is 2. The average Bonchev–Trinajstić information content (AvgIpc) is 3.17. The number of carbonyl (C=O) groups is 2. The molecule has 1 aliphatic heterocycles. The van der Waals surface area contributed by atoms with Crippen molar-refractivity contribution in [3.63, 3.8) is 0 Å². The van der Waals surface area contributed by atoms with Crippen molar-refractivity contribution >= 4 is 45.8 Å². The molecular formula is C24H19N3O4S. The maximum absolute atomic E-state index is 11.8. The first-order valence-electron chi connectivity index (χ1n) is 9.71. The van der Waals surface area contributed by atoms with Crippen molar-refractivity contribution in [2.75, 3.05) is 7.11 Å². The van der Waals surface area contributed by atoms with E-state index in [2.05, 4.69) is 50.6 Å². The molecule has 0 aromatic heterocycles. The van der Waals surface area contributed by atoms with Gasteiger partial charge in [0.05, 0.1) is 18.2 Å². The maximum Gasteiger partial charge on any atom is 0.331 e. The lowest BCUT2D eigenvalue weighted by molar-refractivity contribution is -0.135. The topological polar surface area (TPSA) is 89.3 Å². The molecule has 160 valence electrons. The number of thioether (sulfide) groups is 1. The van der Waals surface area contributed by atoms with Gasteiger partial charge in [0.1, 0.15) is 12.4 Å². The Hall–Kier alpha value is -3.91. The van der Waals surface area contributed by atoms with Gasteiger partial charge in [-0.25, -0.2) is 4.79 Å². The van der Waals surface area contributed by atoms with Crippen LogP contribution in [0.1, 0.15) is 11.1 Å². The van der Waals surface area contributed by atoms with Gasteiger partial charge in [-0.15, -0.1) is 5.10 Å². The molecule has 0 aliphatic carbocycles. The van der Waals surface area contributed by atoms with Gasteiger partial charge in [-0.3, -0.25) is 10.1 Å². The zero-order valence-corrected chi connectivity index (χ0v) is 18.0. The fourth-order valence-corrected chi connectivity index (χ4v) is 3.67. The lowest BCUT2D eigenvalue weighted by atomic mass is 10.1. The third-order valence-electron chi connectivity index (χ3n) is 4.56. The molecule has 1 amide bonds. The van der Waals surface area contributed by atoms with Crippen LogP contribution in [0, 0.1) is 0 Å². The number of methoxy groups -OCH3 is 1. The highest BCUT2D eigenvalue weighted by Gasteiger charge is 2.24. The minimum Gasteiger partial charge on any atom is -0.489 e. The van der Waals surface area contributed by atoms with Crippen molar-refractivity contribution in [3.8, 4) is 5.75 Å². The summed E-state index contributed by atoms with van der Waals surface area (Å²) >= 11 is 1.02. The normalized spacial score (nSPS) is 16.1. The third-order valence-corrected chi connectivity index (χ3v) is 5.46. The lowest BCUT2D eigenvalue weighted by Gasteiger charge is -2.07. The number of ether oxygens (including phenoxy) is 2. The van der Waals surface area contributed by atoms with E-state index >= 15 is 0 Å². The number of fused-ring (bicyclic) bond motifs is 1. The zero-order chi connectivity index (χ0) is 22.3. The monoisotopic (exact) mass is 445 g/mol. The number of hydrogen-bond acceptors (Lipinski definition) is 7. The van der Waals surface area contributed by atoms with Gasteiger partial charge in [0.2, 0.25) is 0 Å². The molecule has 0 atom stereocenters. The molecule has 0 saturated carbocycles. The zero-order valence-electron chi connectivity index (χ0n) is 17.1. The number of nitrogens with zero attached hydrogens (tertiary/aromatic N) is 2. The van der Waals surface area contributed by atoms with Crippen molar-refractivity contribution in [1.82, 2.24) is 5.32 Å². The van der Waals surface area contributed by atoms with Gasteiger partial charge in [0.25, 0.3) is 5.91 Å².